The van der Waals surface area contributed by atoms with Crippen LogP contribution in [0.3, 0.4) is 0 Å². The van der Waals surface area contributed by atoms with E-state index in [-0.39, 0.29) is 6.54 Å². The lowest BCUT2D eigenvalue weighted by Gasteiger charge is -2.15. The van der Waals surface area contributed by atoms with Crippen molar-refractivity contribution in [3.8, 4) is 5.75 Å². The molecular weight excluding hydrogens is 230 g/mol. The van der Waals surface area contributed by atoms with E-state index in [4.69, 9.17) is 9.84 Å². The Kier molecular flexibility index (Phi) is 5.16. The monoisotopic (exact) mass is 251 g/mol. The molecule has 0 unspecified atom stereocenters. The lowest BCUT2D eigenvalue weighted by Crippen LogP contribution is -2.27. The average molecular weight is 251 g/mol. The maximum atomic E-state index is 10.6. The van der Waals surface area contributed by atoms with Crippen molar-refractivity contribution in [1.82, 2.24) is 4.90 Å². The van der Waals surface area contributed by atoms with Gasteiger partial charge in [-0.2, -0.15) is 0 Å². The van der Waals surface area contributed by atoms with Crippen LogP contribution in [0.25, 0.3) is 0 Å². The van der Waals surface area contributed by atoms with Gasteiger partial charge in [-0.25, -0.2) is 0 Å². The Bertz CT molecular complexity index is 406. The Morgan fingerprint density at radius 3 is 2.33 bits per heavy atom. The van der Waals surface area contributed by atoms with Crippen LogP contribution in [0, 0.1) is 13.8 Å². The minimum absolute atomic E-state index is 0.0775. The third kappa shape index (κ3) is 4.04. The van der Waals surface area contributed by atoms with Gasteiger partial charge in [-0.15, -0.1) is 0 Å². The average Bonchev–Trinajstić information content (AvgIpc) is 2.25. The minimum Gasteiger partial charge on any atom is -0.496 e. The second kappa shape index (κ2) is 6.40. The molecule has 0 amide bonds. The zero-order valence-electron chi connectivity index (χ0n) is 11.5. The predicted octanol–water partition coefficient (Wildman–Crippen LogP) is 1.87. The number of benzene rings is 1. The van der Waals surface area contributed by atoms with Crippen molar-refractivity contribution in [2.24, 2.45) is 0 Å². The molecule has 0 saturated carbocycles. The van der Waals surface area contributed by atoms with Gasteiger partial charge in [0.05, 0.1) is 13.7 Å². The molecule has 0 radical (unpaired) electrons. The Morgan fingerprint density at radius 1 is 1.33 bits per heavy atom. The van der Waals surface area contributed by atoms with E-state index < -0.39 is 5.97 Å². The summed E-state index contributed by atoms with van der Waals surface area (Å²) in [6, 6.07) is 4.20. The highest BCUT2D eigenvalue weighted by molar-refractivity contribution is 5.69. The molecule has 0 aliphatic rings. The van der Waals surface area contributed by atoms with Crippen LogP contribution in [-0.4, -0.2) is 43.2 Å². The molecule has 4 heteroatoms. The summed E-state index contributed by atoms with van der Waals surface area (Å²) in [5, 5.41) is 8.68. The normalized spacial score (nSPS) is 10.7. The summed E-state index contributed by atoms with van der Waals surface area (Å²) >= 11 is 0. The molecule has 4 nitrogen and oxygen atoms in total. The smallest absolute Gasteiger partial charge is 0.317 e. The maximum absolute atomic E-state index is 10.6. The first-order valence-electron chi connectivity index (χ1n) is 5.98. The van der Waals surface area contributed by atoms with Crippen molar-refractivity contribution in [3.63, 3.8) is 0 Å². The highest BCUT2D eigenvalue weighted by Crippen LogP contribution is 2.24. The number of likely N-dealkylation sites (N-methyl/N-ethyl adjacent to an activating group) is 1. The third-order valence-electron chi connectivity index (χ3n) is 2.91. The molecule has 100 valence electrons. The van der Waals surface area contributed by atoms with Gasteiger partial charge in [-0.05, 0) is 44.0 Å². The molecule has 0 bridgehead atoms. The van der Waals surface area contributed by atoms with Gasteiger partial charge in [-0.1, -0.05) is 12.1 Å². The molecule has 1 aromatic carbocycles. The summed E-state index contributed by atoms with van der Waals surface area (Å²) in [6.07, 6.45) is 0.843. The van der Waals surface area contributed by atoms with Crippen LogP contribution < -0.4 is 4.74 Å². The number of carbonyl (C=O) groups is 1. The summed E-state index contributed by atoms with van der Waals surface area (Å²) in [4.78, 5) is 12.4. The van der Waals surface area contributed by atoms with E-state index in [2.05, 4.69) is 12.1 Å². The van der Waals surface area contributed by atoms with Crippen LogP contribution in [0.15, 0.2) is 12.1 Å². The first kappa shape index (κ1) is 14.5. The van der Waals surface area contributed by atoms with Gasteiger partial charge < -0.3 is 9.84 Å². The highest BCUT2D eigenvalue weighted by atomic mass is 16.5. The molecular formula is C14H21NO3. The van der Waals surface area contributed by atoms with Crippen LogP contribution >= 0.6 is 0 Å². The molecule has 0 aromatic heterocycles. The van der Waals surface area contributed by atoms with E-state index in [1.165, 1.54) is 5.56 Å². The fraction of sp³-hybridized carbons (Fsp3) is 0.500. The van der Waals surface area contributed by atoms with Crippen LogP contribution in [0.4, 0.5) is 0 Å². The topological polar surface area (TPSA) is 49.8 Å². The van der Waals surface area contributed by atoms with Gasteiger partial charge in [0, 0.05) is 6.54 Å². The molecule has 0 heterocycles. The van der Waals surface area contributed by atoms with Crippen molar-refractivity contribution in [3.05, 3.63) is 28.8 Å². The number of ether oxygens (including phenoxy) is 1. The number of aryl methyl sites for hydroxylation is 2. The second-order valence-electron chi connectivity index (χ2n) is 4.64. The summed E-state index contributed by atoms with van der Waals surface area (Å²) in [7, 11) is 3.49. The van der Waals surface area contributed by atoms with Crippen molar-refractivity contribution in [2.45, 2.75) is 20.3 Å². The van der Waals surface area contributed by atoms with Gasteiger partial charge >= 0.3 is 5.97 Å². The largest absolute Gasteiger partial charge is 0.496 e. The number of hydrogen-bond donors (Lipinski definition) is 1. The number of carboxylic acid groups (broad SMARTS) is 1. The number of nitrogens with zero attached hydrogens (tertiary/aromatic N) is 1. The zero-order valence-corrected chi connectivity index (χ0v) is 11.5. The highest BCUT2D eigenvalue weighted by Gasteiger charge is 2.07. The summed E-state index contributed by atoms with van der Waals surface area (Å²) in [6.45, 7) is 4.86. The fourth-order valence-corrected chi connectivity index (χ4v) is 2.14. The number of hydrogen-bond acceptors (Lipinski definition) is 3. The first-order valence-corrected chi connectivity index (χ1v) is 5.98. The van der Waals surface area contributed by atoms with Crippen molar-refractivity contribution in [1.29, 1.82) is 0 Å². The SMILES string of the molecule is COc1c(C)cc(CCN(C)CC(=O)O)cc1C. The summed E-state index contributed by atoms with van der Waals surface area (Å²) in [5.41, 5.74) is 3.45. The molecule has 1 rings (SSSR count). The van der Waals surface area contributed by atoms with Gasteiger partial charge in [0.15, 0.2) is 0 Å². The van der Waals surface area contributed by atoms with Gasteiger partial charge in [0.25, 0.3) is 0 Å². The zero-order chi connectivity index (χ0) is 13.7. The molecule has 0 aliphatic heterocycles. The lowest BCUT2D eigenvalue weighted by atomic mass is 10.0. The van der Waals surface area contributed by atoms with Crippen LogP contribution in [0.1, 0.15) is 16.7 Å². The van der Waals surface area contributed by atoms with E-state index in [9.17, 15) is 4.79 Å². The second-order valence-corrected chi connectivity index (χ2v) is 4.64. The number of aliphatic carboxylic acids is 1. The molecule has 1 aromatic rings. The van der Waals surface area contributed by atoms with E-state index in [0.717, 1.165) is 29.8 Å². The van der Waals surface area contributed by atoms with Gasteiger partial charge in [-0.3, -0.25) is 9.69 Å². The predicted molar refractivity (Wildman–Crippen MR) is 71.3 cm³/mol. The van der Waals surface area contributed by atoms with Crippen LogP contribution in [0.5, 0.6) is 5.75 Å². The minimum atomic E-state index is -0.792. The van der Waals surface area contributed by atoms with E-state index in [1.807, 2.05) is 20.9 Å². The van der Waals surface area contributed by atoms with Crippen molar-refractivity contribution in [2.75, 3.05) is 27.2 Å². The van der Waals surface area contributed by atoms with Crippen LogP contribution in [-0.2, 0) is 11.2 Å². The number of rotatable bonds is 6. The molecule has 1 N–H and O–H groups in total. The number of methoxy groups -OCH3 is 1. The van der Waals surface area contributed by atoms with E-state index in [0.29, 0.717) is 0 Å². The number of carboxylic acids is 1. The van der Waals surface area contributed by atoms with Gasteiger partial charge in [0.1, 0.15) is 5.75 Å². The van der Waals surface area contributed by atoms with Crippen LogP contribution in [0.2, 0.25) is 0 Å². The van der Waals surface area contributed by atoms with E-state index in [1.54, 1.807) is 12.0 Å². The molecule has 18 heavy (non-hydrogen) atoms. The molecule has 0 atom stereocenters. The molecule has 0 saturated heterocycles. The van der Waals surface area contributed by atoms with Gasteiger partial charge in [0.2, 0.25) is 0 Å². The Hall–Kier alpha value is -1.55. The Labute approximate surface area is 108 Å². The first-order chi connectivity index (χ1) is 8.43. The third-order valence-corrected chi connectivity index (χ3v) is 2.91. The molecule has 0 fully saturated rings. The van der Waals surface area contributed by atoms with E-state index >= 15 is 0 Å². The summed E-state index contributed by atoms with van der Waals surface area (Å²) < 4.78 is 5.32. The Balaban J connectivity index is 2.66. The molecule has 0 spiro atoms. The lowest BCUT2D eigenvalue weighted by molar-refractivity contribution is -0.137. The fourth-order valence-electron chi connectivity index (χ4n) is 2.14. The Morgan fingerprint density at radius 2 is 1.89 bits per heavy atom. The van der Waals surface area contributed by atoms with Crippen molar-refractivity contribution >= 4 is 5.97 Å². The quantitative estimate of drug-likeness (QED) is 0.838. The maximum Gasteiger partial charge on any atom is 0.317 e. The molecule has 0 aliphatic carbocycles. The standard InChI is InChI=1S/C14H21NO3/c1-10-7-12(8-11(2)14(10)18-4)5-6-15(3)9-13(16)17/h7-8H,5-6,9H2,1-4H3,(H,16,17). The van der Waals surface area contributed by atoms with Crippen molar-refractivity contribution < 1.29 is 14.6 Å². The summed E-state index contributed by atoms with van der Waals surface area (Å²) in [5.74, 6) is 0.136.